The molecular formula is C22H35NO4SSi. The maximum absolute atomic E-state index is 13.5. The molecule has 1 heterocycles. The summed E-state index contributed by atoms with van der Waals surface area (Å²) >= 11 is 0. The second kappa shape index (κ2) is 7.52. The Morgan fingerprint density at radius 3 is 2.24 bits per heavy atom. The molecule has 1 aromatic rings. The Morgan fingerprint density at radius 2 is 1.76 bits per heavy atom. The van der Waals surface area contributed by atoms with E-state index < -0.39 is 23.9 Å². The van der Waals surface area contributed by atoms with E-state index in [-0.39, 0.29) is 22.6 Å². The molecule has 0 amide bonds. The minimum Gasteiger partial charge on any atom is -0.412 e. The molecule has 0 aromatic heterocycles. The summed E-state index contributed by atoms with van der Waals surface area (Å²) in [6.07, 6.45) is 4.44. The van der Waals surface area contributed by atoms with Crippen LogP contribution in [0.2, 0.25) is 18.1 Å². The molecule has 2 aliphatic rings. The first kappa shape index (κ1) is 22.5. The van der Waals surface area contributed by atoms with E-state index in [1.54, 1.807) is 12.1 Å². The van der Waals surface area contributed by atoms with Crippen molar-refractivity contribution in [3.63, 3.8) is 0 Å². The van der Waals surface area contributed by atoms with Crippen LogP contribution in [0.1, 0.15) is 52.0 Å². The van der Waals surface area contributed by atoms with Crippen LogP contribution < -0.4 is 0 Å². The van der Waals surface area contributed by atoms with Crippen molar-refractivity contribution in [1.29, 1.82) is 0 Å². The topological polar surface area (TPSA) is 66.8 Å². The van der Waals surface area contributed by atoms with Crippen molar-refractivity contribution < 1.29 is 18.0 Å². The van der Waals surface area contributed by atoms with E-state index in [0.717, 1.165) is 12.0 Å². The van der Waals surface area contributed by atoms with Crippen LogP contribution in [0.4, 0.5) is 0 Å². The van der Waals surface area contributed by atoms with Gasteiger partial charge >= 0.3 is 0 Å². The zero-order valence-electron chi connectivity index (χ0n) is 18.5. The van der Waals surface area contributed by atoms with Gasteiger partial charge < -0.3 is 9.53 Å². The van der Waals surface area contributed by atoms with Crippen molar-refractivity contribution in [2.45, 2.75) is 88.1 Å². The van der Waals surface area contributed by atoms with Gasteiger partial charge in [-0.15, -0.1) is 0 Å². The summed E-state index contributed by atoms with van der Waals surface area (Å²) < 4.78 is 35.0. The molecule has 0 spiro atoms. The molecule has 1 fully saturated rings. The highest BCUT2D eigenvalue weighted by Gasteiger charge is 2.47. The van der Waals surface area contributed by atoms with Gasteiger partial charge in [-0.25, -0.2) is 8.42 Å². The van der Waals surface area contributed by atoms with Gasteiger partial charge in [-0.05, 0) is 62.9 Å². The average molecular weight is 438 g/mol. The van der Waals surface area contributed by atoms with E-state index in [4.69, 9.17) is 4.43 Å². The Hall–Kier alpha value is -1.15. The van der Waals surface area contributed by atoms with Crippen LogP contribution in [0.5, 0.6) is 0 Å². The highest BCUT2D eigenvalue weighted by Crippen LogP contribution is 2.44. The Kier molecular flexibility index (Phi) is 5.84. The number of hydrogen-bond acceptors (Lipinski definition) is 4. The average Bonchev–Trinajstić information content (AvgIpc) is 2.59. The first-order valence-electron chi connectivity index (χ1n) is 10.5. The Bertz CT molecular complexity index is 880. The van der Waals surface area contributed by atoms with Crippen LogP contribution in [-0.2, 0) is 14.4 Å². The predicted molar refractivity (Wildman–Crippen MR) is 119 cm³/mol. The summed E-state index contributed by atoms with van der Waals surface area (Å²) in [5, 5.41) is 11.0. The van der Waals surface area contributed by atoms with Crippen molar-refractivity contribution in [3.05, 3.63) is 41.6 Å². The fourth-order valence-corrected chi connectivity index (χ4v) is 6.59. The number of rotatable bonds is 5. The number of benzene rings is 1. The molecule has 29 heavy (non-hydrogen) atoms. The van der Waals surface area contributed by atoms with Crippen molar-refractivity contribution >= 4 is 18.3 Å². The monoisotopic (exact) mass is 437 g/mol. The number of aryl methyl sites for hydroxylation is 1. The minimum atomic E-state index is -3.77. The first-order valence-corrected chi connectivity index (χ1v) is 14.8. The molecule has 1 aliphatic carbocycles. The highest BCUT2D eigenvalue weighted by molar-refractivity contribution is 7.89. The molecule has 3 rings (SSSR count). The second-order valence-corrected chi connectivity index (χ2v) is 16.7. The highest BCUT2D eigenvalue weighted by atomic mass is 32.2. The van der Waals surface area contributed by atoms with Crippen LogP contribution in [0, 0.1) is 6.92 Å². The first-order chi connectivity index (χ1) is 13.3. The lowest BCUT2D eigenvalue weighted by molar-refractivity contribution is -0.0190. The zero-order chi connectivity index (χ0) is 21.7. The molecule has 162 valence electrons. The van der Waals surface area contributed by atoms with E-state index in [2.05, 4.69) is 33.9 Å². The van der Waals surface area contributed by atoms with Crippen LogP contribution in [0.15, 0.2) is 40.9 Å². The van der Waals surface area contributed by atoms with Gasteiger partial charge in [-0.1, -0.05) is 44.5 Å². The maximum Gasteiger partial charge on any atom is 0.264 e. The second-order valence-electron chi connectivity index (χ2n) is 10.1. The van der Waals surface area contributed by atoms with Gasteiger partial charge in [0.1, 0.15) is 5.60 Å². The SMILES string of the molecule is Cc1ccc(S(=O)(=O)N2C[C@@H](O[Si](C)(C)C(C)(C)C)CC=C2C2(O)CCC2)cc1. The van der Waals surface area contributed by atoms with E-state index in [1.807, 2.05) is 25.1 Å². The molecular weight excluding hydrogens is 402 g/mol. The Labute approximate surface area is 177 Å². The third kappa shape index (κ3) is 4.33. The number of hydrogen-bond donors (Lipinski definition) is 1. The molecule has 0 saturated heterocycles. The van der Waals surface area contributed by atoms with Crippen LogP contribution in [0.25, 0.3) is 0 Å². The van der Waals surface area contributed by atoms with E-state index >= 15 is 0 Å². The van der Waals surface area contributed by atoms with E-state index in [1.165, 1.54) is 4.31 Å². The lowest BCUT2D eigenvalue weighted by atomic mass is 9.76. The zero-order valence-corrected chi connectivity index (χ0v) is 20.3. The summed E-state index contributed by atoms with van der Waals surface area (Å²) in [4.78, 5) is 0.255. The van der Waals surface area contributed by atoms with Crippen LogP contribution >= 0.6 is 0 Å². The molecule has 5 nitrogen and oxygen atoms in total. The van der Waals surface area contributed by atoms with Crippen LogP contribution in [0.3, 0.4) is 0 Å². The lowest BCUT2D eigenvalue weighted by Crippen LogP contribution is -2.54. The van der Waals surface area contributed by atoms with E-state index in [9.17, 15) is 13.5 Å². The predicted octanol–water partition coefficient (Wildman–Crippen LogP) is 4.58. The third-order valence-electron chi connectivity index (χ3n) is 6.75. The molecule has 0 radical (unpaired) electrons. The Balaban J connectivity index is 1.95. The molecule has 1 aromatic carbocycles. The quantitative estimate of drug-likeness (QED) is 0.685. The van der Waals surface area contributed by atoms with Crippen molar-refractivity contribution in [3.8, 4) is 0 Å². The maximum atomic E-state index is 13.5. The molecule has 1 saturated carbocycles. The van der Waals surface area contributed by atoms with Crippen molar-refractivity contribution in [2.75, 3.05) is 6.54 Å². The van der Waals surface area contributed by atoms with Gasteiger partial charge in [-0.2, -0.15) is 0 Å². The molecule has 1 aliphatic heterocycles. The molecule has 7 heteroatoms. The smallest absolute Gasteiger partial charge is 0.264 e. The summed E-state index contributed by atoms with van der Waals surface area (Å²) in [5.41, 5.74) is 0.495. The molecule has 0 unspecified atom stereocenters. The summed E-state index contributed by atoms with van der Waals surface area (Å²) in [7, 11) is -5.81. The molecule has 1 atom stereocenters. The van der Waals surface area contributed by atoms with Gasteiger partial charge in [0.05, 0.1) is 23.2 Å². The largest absolute Gasteiger partial charge is 0.412 e. The van der Waals surface area contributed by atoms with Crippen molar-refractivity contribution in [1.82, 2.24) is 4.31 Å². The van der Waals surface area contributed by atoms with Gasteiger partial charge in [-0.3, -0.25) is 4.31 Å². The fraction of sp³-hybridized carbons (Fsp3) is 0.636. The van der Waals surface area contributed by atoms with Gasteiger partial charge in [0.2, 0.25) is 0 Å². The van der Waals surface area contributed by atoms with E-state index in [0.29, 0.717) is 25.0 Å². The molecule has 0 bridgehead atoms. The number of sulfonamides is 1. The van der Waals surface area contributed by atoms with Crippen molar-refractivity contribution in [2.24, 2.45) is 0 Å². The Morgan fingerprint density at radius 1 is 1.17 bits per heavy atom. The summed E-state index contributed by atoms with van der Waals surface area (Å²) in [6.45, 7) is 13.1. The normalized spacial score (nSPS) is 22.8. The number of aliphatic hydroxyl groups is 1. The van der Waals surface area contributed by atoms with Gasteiger partial charge in [0.15, 0.2) is 8.32 Å². The van der Waals surface area contributed by atoms with Gasteiger partial charge in [0, 0.05) is 0 Å². The fourth-order valence-electron chi connectivity index (χ4n) is 3.64. The summed E-state index contributed by atoms with van der Waals surface area (Å²) in [5.74, 6) is 0. The number of nitrogens with zero attached hydrogens (tertiary/aromatic N) is 1. The van der Waals surface area contributed by atoms with Crippen LogP contribution in [-0.4, -0.2) is 44.4 Å². The minimum absolute atomic E-state index is 0.0455. The summed E-state index contributed by atoms with van der Waals surface area (Å²) in [6, 6.07) is 6.90. The third-order valence-corrected chi connectivity index (χ3v) is 13.1. The molecule has 1 N–H and O–H groups in total. The van der Waals surface area contributed by atoms with Gasteiger partial charge in [0.25, 0.3) is 10.0 Å². The standard InChI is InChI=1S/C22H35NO4SSi/c1-17-8-11-19(12-9-17)28(25,26)23-16-18(27-29(5,6)21(2,3)4)10-13-20(23)22(24)14-7-15-22/h8-9,11-13,18,24H,7,10,14-16H2,1-6H3/t18-/m0/s1. The lowest BCUT2D eigenvalue weighted by Gasteiger charge is -2.47.